The fourth-order valence-electron chi connectivity index (χ4n) is 6.32. The zero-order valence-electron chi connectivity index (χ0n) is 25.1. The molecule has 0 spiro atoms. The summed E-state index contributed by atoms with van der Waals surface area (Å²) in [6.07, 6.45) is 1.80. The smallest absolute Gasteiger partial charge is 0.410 e. The highest BCUT2D eigenvalue weighted by Crippen LogP contribution is 2.52. The standard InChI is InChI=1S/C29H43N5O7S.HI/c1-6-14-40-28(38)24-25(18(3)23-22(19(4)35)27(37)33(23)24)42-20-16-21(32(17-20)29(39)41-15-7-2)26(36)31-10-13-34(5)11-8-30-9-12-34;/h6-7,18-23,30,35H,1-2,8-17H2,3-5H3;1H/t18-,19-,20+,21+,22?,23?;/m1./s1. The first-order chi connectivity index (χ1) is 20.0. The van der Waals surface area contributed by atoms with Crippen LogP contribution in [-0.4, -0.2) is 133 Å². The summed E-state index contributed by atoms with van der Waals surface area (Å²) in [7, 11) is 2.18. The van der Waals surface area contributed by atoms with E-state index >= 15 is 0 Å². The van der Waals surface area contributed by atoms with Crippen LogP contribution in [0.4, 0.5) is 4.79 Å². The van der Waals surface area contributed by atoms with Crippen molar-refractivity contribution in [1.82, 2.24) is 20.4 Å². The van der Waals surface area contributed by atoms with Crippen LogP contribution in [-0.2, 0) is 23.9 Å². The third-order valence-corrected chi connectivity index (χ3v) is 10.2. The van der Waals surface area contributed by atoms with Crippen LogP contribution in [0.1, 0.15) is 20.3 Å². The minimum Gasteiger partial charge on any atom is -1.00 e. The number of halogens is 1. The van der Waals surface area contributed by atoms with Crippen molar-refractivity contribution in [3.8, 4) is 0 Å². The quantitative estimate of drug-likeness (QED) is 0.0652. The Morgan fingerprint density at radius 1 is 1.21 bits per heavy atom. The van der Waals surface area contributed by atoms with E-state index in [0.29, 0.717) is 17.9 Å². The summed E-state index contributed by atoms with van der Waals surface area (Å²) in [5.74, 6) is -2.06. The van der Waals surface area contributed by atoms with E-state index in [-0.39, 0.29) is 78.5 Å². The third kappa shape index (κ3) is 7.57. The molecule has 0 aliphatic carbocycles. The van der Waals surface area contributed by atoms with E-state index < -0.39 is 30.1 Å². The minimum atomic E-state index is -0.864. The molecule has 43 heavy (non-hydrogen) atoms. The summed E-state index contributed by atoms with van der Waals surface area (Å²) in [5.41, 5.74) is 0.169. The molecular weight excluding hydrogens is 689 g/mol. The normalized spacial score (nSPS) is 28.3. The number of esters is 1. The van der Waals surface area contributed by atoms with Gasteiger partial charge >= 0.3 is 12.1 Å². The van der Waals surface area contributed by atoms with Crippen LogP contribution < -0.4 is 34.6 Å². The molecule has 3 amide bonds. The number of rotatable bonds is 12. The second-order valence-corrected chi connectivity index (χ2v) is 13.0. The second-order valence-electron chi connectivity index (χ2n) is 11.7. The number of aliphatic hydroxyl groups is 1. The Bertz CT molecular complexity index is 1130. The number of thioether (sulfide) groups is 1. The zero-order valence-corrected chi connectivity index (χ0v) is 28.1. The third-order valence-electron chi connectivity index (χ3n) is 8.66. The van der Waals surface area contributed by atoms with Crippen molar-refractivity contribution >= 4 is 35.6 Å². The van der Waals surface area contributed by atoms with Crippen LogP contribution in [0.2, 0.25) is 0 Å². The molecule has 4 heterocycles. The number of fused-ring (bicyclic) bond motifs is 1. The molecular formula is C29H44IN5O7S. The number of likely N-dealkylation sites (N-methyl/N-ethyl adjacent to an activating group) is 1. The van der Waals surface area contributed by atoms with E-state index in [0.717, 1.165) is 37.2 Å². The predicted octanol–water partition coefficient (Wildman–Crippen LogP) is -2.55. The molecule has 3 saturated heterocycles. The fraction of sp³-hybridized carbons (Fsp3) is 0.655. The Labute approximate surface area is 274 Å². The lowest BCUT2D eigenvalue weighted by Crippen LogP contribution is -3.00. The number of nitrogens with zero attached hydrogens (tertiary/aromatic N) is 3. The van der Waals surface area contributed by atoms with E-state index in [1.54, 1.807) is 6.92 Å². The van der Waals surface area contributed by atoms with Gasteiger partial charge in [-0.2, -0.15) is 0 Å². The number of piperazine rings is 1. The molecule has 0 aromatic carbocycles. The minimum absolute atomic E-state index is 0. The summed E-state index contributed by atoms with van der Waals surface area (Å²) in [5, 5.41) is 16.4. The lowest BCUT2D eigenvalue weighted by atomic mass is 9.79. The van der Waals surface area contributed by atoms with Crippen LogP contribution in [0.25, 0.3) is 0 Å². The molecule has 0 saturated carbocycles. The van der Waals surface area contributed by atoms with Crippen molar-refractivity contribution in [2.24, 2.45) is 11.8 Å². The molecule has 4 aliphatic heterocycles. The van der Waals surface area contributed by atoms with Crippen LogP contribution in [0.5, 0.6) is 0 Å². The fourth-order valence-corrected chi connectivity index (χ4v) is 7.84. The van der Waals surface area contributed by atoms with E-state index in [2.05, 4.69) is 30.8 Å². The largest absolute Gasteiger partial charge is 1.00 e. The van der Waals surface area contributed by atoms with Crippen LogP contribution in [0.15, 0.2) is 35.9 Å². The van der Waals surface area contributed by atoms with Gasteiger partial charge in [-0.05, 0) is 13.3 Å². The van der Waals surface area contributed by atoms with Gasteiger partial charge in [-0.3, -0.25) is 14.5 Å². The Morgan fingerprint density at radius 2 is 1.86 bits per heavy atom. The van der Waals surface area contributed by atoms with Crippen molar-refractivity contribution in [2.45, 2.75) is 43.7 Å². The molecule has 240 valence electrons. The number of carbonyl (C=O) groups excluding carboxylic acids is 4. The molecule has 3 N–H and O–H groups in total. The number of hydrogen-bond donors (Lipinski definition) is 3. The SMILES string of the molecule is C=CCOC(=O)C1=C(S[C@H]2C[C@@H](C(=O)NCC[N+]3(C)CCNCC3)N(C(=O)OCC=C)C2)[C@H](C)C2C([C@@H](C)O)C(=O)N12.[I-]. The Morgan fingerprint density at radius 3 is 2.49 bits per heavy atom. The molecule has 2 unspecified atom stereocenters. The molecule has 6 atom stereocenters. The van der Waals surface area contributed by atoms with Crippen molar-refractivity contribution in [3.63, 3.8) is 0 Å². The summed E-state index contributed by atoms with van der Waals surface area (Å²) in [6.45, 7) is 16.0. The number of quaternary nitrogens is 1. The van der Waals surface area contributed by atoms with Gasteiger partial charge < -0.3 is 58.6 Å². The van der Waals surface area contributed by atoms with Crippen LogP contribution in [0, 0.1) is 11.8 Å². The zero-order chi connectivity index (χ0) is 30.6. The first-order valence-corrected chi connectivity index (χ1v) is 15.5. The Balaban J connectivity index is 0.00000506. The maximum atomic E-state index is 13.4. The average Bonchev–Trinajstić information content (AvgIpc) is 3.48. The molecule has 0 radical (unpaired) electrons. The number of nitrogens with one attached hydrogen (secondary N) is 2. The highest BCUT2D eigenvalue weighted by molar-refractivity contribution is 8.03. The summed E-state index contributed by atoms with van der Waals surface area (Å²) in [6, 6.07) is -1.11. The van der Waals surface area contributed by atoms with Gasteiger partial charge in [-0.1, -0.05) is 32.2 Å². The average molecular weight is 734 g/mol. The van der Waals surface area contributed by atoms with E-state index in [9.17, 15) is 24.3 Å². The van der Waals surface area contributed by atoms with Gasteiger partial charge in [0.05, 0.1) is 51.3 Å². The lowest BCUT2D eigenvalue weighted by molar-refractivity contribution is -0.909. The maximum Gasteiger partial charge on any atom is 0.410 e. The molecule has 0 aromatic heterocycles. The number of amides is 3. The number of carbonyl (C=O) groups is 4. The monoisotopic (exact) mass is 733 g/mol. The van der Waals surface area contributed by atoms with Crippen LogP contribution in [0.3, 0.4) is 0 Å². The molecule has 4 aliphatic rings. The molecule has 12 nitrogen and oxygen atoms in total. The maximum absolute atomic E-state index is 13.4. The Hall–Kier alpha value is -2.14. The highest BCUT2D eigenvalue weighted by atomic mass is 127. The number of aliphatic hydroxyl groups excluding tert-OH is 1. The first kappa shape index (κ1) is 35.3. The van der Waals surface area contributed by atoms with Crippen molar-refractivity contribution < 1.29 is 62.2 Å². The summed E-state index contributed by atoms with van der Waals surface area (Å²) >= 11 is 1.39. The highest BCUT2D eigenvalue weighted by Gasteiger charge is 2.60. The molecule has 3 fully saturated rings. The topological polar surface area (TPSA) is 138 Å². The summed E-state index contributed by atoms with van der Waals surface area (Å²) in [4.78, 5) is 56.0. The number of likely N-dealkylation sites (tertiary alicyclic amines) is 1. The predicted molar refractivity (Wildman–Crippen MR) is 158 cm³/mol. The van der Waals surface area contributed by atoms with Crippen molar-refractivity contribution in [1.29, 1.82) is 0 Å². The van der Waals surface area contributed by atoms with Gasteiger partial charge in [0.25, 0.3) is 0 Å². The number of hydrogen-bond acceptors (Lipinski definition) is 9. The second kappa shape index (κ2) is 15.2. The Kier molecular flexibility index (Phi) is 12.5. The first-order valence-electron chi connectivity index (χ1n) is 14.6. The number of β-lactam (4-membered cyclic amide) rings is 1. The lowest BCUT2D eigenvalue weighted by Gasteiger charge is -2.46. The molecule has 0 aromatic rings. The molecule has 4 rings (SSSR count). The van der Waals surface area contributed by atoms with Gasteiger partial charge in [0.1, 0.15) is 25.0 Å². The van der Waals surface area contributed by atoms with Crippen molar-refractivity contribution in [2.75, 3.05) is 66.1 Å². The van der Waals surface area contributed by atoms with E-state index in [4.69, 9.17) is 9.47 Å². The number of ether oxygens (including phenoxy) is 2. The van der Waals surface area contributed by atoms with Gasteiger partial charge in [-0.15, -0.1) is 11.8 Å². The van der Waals surface area contributed by atoms with Gasteiger partial charge in [0.15, 0.2) is 0 Å². The van der Waals surface area contributed by atoms with Gasteiger partial charge in [-0.25, -0.2) is 9.59 Å². The van der Waals surface area contributed by atoms with Crippen molar-refractivity contribution in [3.05, 3.63) is 35.9 Å². The van der Waals surface area contributed by atoms with Crippen LogP contribution >= 0.6 is 11.8 Å². The van der Waals surface area contributed by atoms with Gasteiger partial charge in [0, 0.05) is 35.7 Å². The summed E-state index contributed by atoms with van der Waals surface area (Å²) < 4.78 is 11.5. The van der Waals surface area contributed by atoms with E-state index in [1.165, 1.54) is 33.7 Å². The van der Waals surface area contributed by atoms with Gasteiger partial charge in [0.2, 0.25) is 11.8 Å². The molecule has 0 bridgehead atoms. The molecule has 14 heteroatoms. The van der Waals surface area contributed by atoms with E-state index in [1.807, 2.05) is 6.92 Å².